The molecule has 7 rings (SSSR count). The number of nitrogens with one attached hydrogen (secondary N) is 3. The molecule has 0 spiro atoms. The van der Waals surface area contributed by atoms with Gasteiger partial charge in [0.25, 0.3) is 5.91 Å². The predicted octanol–water partition coefficient (Wildman–Crippen LogP) is 5.14. The molecule has 4 aliphatic heterocycles. The Morgan fingerprint density at radius 3 is 2.56 bits per heavy atom. The summed E-state index contributed by atoms with van der Waals surface area (Å²) in [6.07, 6.45) is -1.82. The van der Waals surface area contributed by atoms with E-state index in [1.165, 1.54) is 0 Å². The molecule has 11 nitrogen and oxygen atoms in total. The number of anilines is 3. The Bertz CT molecular complexity index is 1470. The highest BCUT2D eigenvalue weighted by Crippen LogP contribution is 2.27. The maximum atomic E-state index is 12.8. The van der Waals surface area contributed by atoms with E-state index in [0.29, 0.717) is 54.7 Å². The molecule has 3 N–H and O–H groups in total. The van der Waals surface area contributed by atoms with Crippen molar-refractivity contribution in [2.24, 2.45) is 5.41 Å². The van der Waals surface area contributed by atoms with Gasteiger partial charge in [0.15, 0.2) is 12.8 Å². The van der Waals surface area contributed by atoms with Crippen molar-refractivity contribution < 1.29 is 27.4 Å². The topological polar surface area (TPSA) is 137 Å². The molecular formula is C28H30ClF3N8O3. The van der Waals surface area contributed by atoms with E-state index in [1.54, 1.807) is 47.4 Å². The molecule has 1 aromatic heterocycles. The molecule has 0 aliphatic carbocycles. The minimum atomic E-state index is -4.59. The van der Waals surface area contributed by atoms with Gasteiger partial charge in [-0.25, -0.2) is 0 Å². The highest BCUT2D eigenvalue weighted by molar-refractivity contribution is 6.32. The second-order valence-electron chi connectivity index (χ2n) is 10.6. The van der Waals surface area contributed by atoms with Gasteiger partial charge in [-0.1, -0.05) is 31.5 Å². The number of carbonyl (C=O) groups excluding carboxylic acids is 1. The standard InChI is InChI=1S/C28H30ClF3N8O3/c1-27(2)14-35-23(41)19-5-7-20(8-6-19)36-25-37-24(38-26(39-25)43-16-28(30,31)32)34-13-18-4-9-22(21(29)12-18)42-11-3-10-40(15-27)17-33/h4-9,12H,3,10-11,13-16H2,1-2H3,(H,35,41)(H2,34,36,37,38,39). The number of rotatable bonds is 2. The number of benzene rings is 2. The zero-order chi connectivity index (χ0) is 31.0. The third-order valence-corrected chi connectivity index (χ3v) is 6.44. The van der Waals surface area contributed by atoms with E-state index in [4.69, 9.17) is 21.1 Å². The number of hydrogen-bond donors (Lipinski definition) is 3. The van der Waals surface area contributed by atoms with Gasteiger partial charge in [-0.05, 0) is 48.4 Å². The lowest BCUT2D eigenvalue weighted by Gasteiger charge is -2.29. The molecule has 6 bridgehead atoms. The molecule has 0 saturated carbocycles. The Kier molecular flexibility index (Phi) is 9.97. The zero-order valence-electron chi connectivity index (χ0n) is 23.5. The number of aromatic nitrogens is 3. The van der Waals surface area contributed by atoms with Crippen molar-refractivity contribution in [3.05, 3.63) is 58.6 Å². The van der Waals surface area contributed by atoms with Crippen molar-refractivity contribution in [3.8, 4) is 18.0 Å². The molecule has 0 saturated heterocycles. The summed E-state index contributed by atoms with van der Waals surface area (Å²) in [7, 11) is 0. The second kappa shape index (κ2) is 13.6. The summed E-state index contributed by atoms with van der Waals surface area (Å²) in [5, 5.41) is 18.7. The summed E-state index contributed by atoms with van der Waals surface area (Å²) in [6, 6.07) is 11.0. The van der Waals surface area contributed by atoms with E-state index in [-0.39, 0.29) is 24.3 Å². The molecule has 0 unspecified atom stereocenters. The molecule has 15 heteroatoms. The number of ether oxygens (including phenoxy) is 2. The molecule has 228 valence electrons. The molecule has 1 amide bonds. The highest BCUT2D eigenvalue weighted by Gasteiger charge is 2.29. The van der Waals surface area contributed by atoms with Crippen LogP contribution in [0.3, 0.4) is 0 Å². The average Bonchev–Trinajstić information content (AvgIpc) is 2.95. The van der Waals surface area contributed by atoms with E-state index in [1.807, 2.05) is 13.8 Å². The van der Waals surface area contributed by atoms with Gasteiger partial charge in [0, 0.05) is 42.8 Å². The van der Waals surface area contributed by atoms with Gasteiger partial charge in [0.1, 0.15) is 5.75 Å². The number of hydrogen-bond acceptors (Lipinski definition) is 10. The number of alkyl halides is 3. The maximum absolute atomic E-state index is 12.8. The van der Waals surface area contributed by atoms with Gasteiger partial charge in [-0.2, -0.15) is 33.4 Å². The van der Waals surface area contributed by atoms with Crippen molar-refractivity contribution in [2.45, 2.75) is 33.0 Å². The van der Waals surface area contributed by atoms with Crippen LogP contribution in [0.2, 0.25) is 5.02 Å². The van der Waals surface area contributed by atoms with Crippen molar-refractivity contribution in [3.63, 3.8) is 0 Å². The molecule has 0 fully saturated rings. The van der Waals surface area contributed by atoms with Crippen LogP contribution in [-0.2, 0) is 6.54 Å². The molecule has 0 radical (unpaired) electrons. The Morgan fingerprint density at radius 1 is 1.12 bits per heavy atom. The zero-order valence-corrected chi connectivity index (χ0v) is 24.2. The highest BCUT2D eigenvalue weighted by atomic mass is 35.5. The van der Waals surface area contributed by atoms with Crippen molar-refractivity contribution in [1.29, 1.82) is 5.26 Å². The fraction of sp³-hybridized carbons (Fsp3) is 0.393. The first-order chi connectivity index (χ1) is 20.4. The molecule has 4 aliphatic rings. The van der Waals surface area contributed by atoms with E-state index in [0.717, 1.165) is 5.56 Å². The number of nitrogens with zero attached hydrogens (tertiary/aromatic N) is 5. The van der Waals surface area contributed by atoms with Crippen LogP contribution in [0.4, 0.5) is 30.8 Å². The monoisotopic (exact) mass is 618 g/mol. The molecule has 5 heterocycles. The lowest BCUT2D eigenvalue weighted by atomic mass is 9.92. The van der Waals surface area contributed by atoms with E-state index < -0.39 is 24.2 Å². The Hall–Kier alpha value is -4.51. The van der Waals surface area contributed by atoms with Crippen LogP contribution in [0, 0.1) is 16.9 Å². The third-order valence-electron chi connectivity index (χ3n) is 6.15. The van der Waals surface area contributed by atoms with E-state index in [2.05, 4.69) is 37.1 Å². The lowest BCUT2D eigenvalue weighted by molar-refractivity contribution is -0.154. The van der Waals surface area contributed by atoms with Crippen molar-refractivity contribution >= 4 is 35.1 Å². The Labute approximate surface area is 251 Å². The van der Waals surface area contributed by atoms with Crippen molar-refractivity contribution in [2.75, 3.05) is 43.5 Å². The summed E-state index contributed by atoms with van der Waals surface area (Å²) in [5.74, 6) is 0.0442. The van der Waals surface area contributed by atoms with Crippen LogP contribution < -0.4 is 25.4 Å². The normalized spacial score (nSPS) is 16.1. The Balaban J connectivity index is 1.60. The molecule has 0 atom stereocenters. The van der Waals surface area contributed by atoms with Gasteiger partial charge < -0.3 is 30.3 Å². The number of nitriles is 1. The first-order valence-corrected chi connectivity index (χ1v) is 13.7. The summed E-state index contributed by atoms with van der Waals surface area (Å²) in [6.45, 7) is 4.05. The average molecular weight is 619 g/mol. The van der Waals surface area contributed by atoms with Crippen LogP contribution in [-0.4, -0.2) is 64.8 Å². The summed E-state index contributed by atoms with van der Waals surface area (Å²) >= 11 is 6.42. The van der Waals surface area contributed by atoms with Crippen LogP contribution in [0.25, 0.3) is 0 Å². The summed E-state index contributed by atoms with van der Waals surface area (Å²) < 4.78 is 48.9. The molecular weight excluding hydrogens is 589 g/mol. The summed E-state index contributed by atoms with van der Waals surface area (Å²) in [4.78, 5) is 26.6. The first-order valence-electron chi connectivity index (χ1n) is 13.3. The van der Waals surface area contributed by atoms with Gasteiger partial charge in [0.05, 0.1) is 11.6 Å². The minimum absolute atomic E-state index is 0.0405. The van der Waals surface area contributed by atoms with Gasteiger partial charge in [-0.3, -0.25) is 4.79 Å². The quantitative estimate of drug-likeness (QED) is 0.331. The maximum Gasteiger partial charge on any atom is 0.422 e. The fourth-order valence-electron chi connectivity index (χ4n) is 4.09. The van der Waals surface area contributed by atoms with Gasteiger partial charge in [0.2, 0.25) is 11.9 Å². The van der Waals surface area contributed by atoms with Crippen molar-refractivity contribution in [1.82, 2.24) is 25.2 Å². The SMILES string of the molecule is CC1(C)CNC(=O)c2ccc(cc2)Nc2nc(nc(OCC(F)(F)F)n2)NCc2ccc(c(Cl)c2)OCCCN(C#N)C1. The largest absolute Gasteiger partial charge is 0.492 e. The van der Waals surface area contributed by atoms with Crippen LogP contribution >= 0.6 is 11.6 Å². The number of amides is 1. The van der Waals surface area contributed by atoms with E-state index >= 15 is 0 Å². The lowest BCUT2D eigenvalue weighted by Crippen LogP contribution is -2.41. The second-order valence-corrected chi connectivity index (χ2v) is 11.0. The van der Waals surface area contributed by atoms with E-state index in [9.17, 15) is 23.2 Å². The van der Waals surface area contributed by atoms with Crippen LogP contribution in [0.15, 0.2) is 42.5 Å². The van der Waals surface area contributed by atoms with Gasteiger partial charge in [-0.15, -0.1) is 0 Å². The minimum Gasteiger partial charge on any atom is -0.492 e. The van der Waals surface area contributed by atoms with Crippen LogP contribution in [0.5, 0.6) is 11.8 Å². The molecule has 2 aromatic carbocycles. The smallest absolute Gasteiger partial charge is 0.422 e. The predicted molar refractivity (Wildman–Crippen MR) is 153 cm³/mol. The van der Waals surface area contributed by atoms with Gasteiger partial charge >= 0.3 is 12.2 Å². The molecule has 43 heavy (non-hydrogen) atoms. The third kappa shape index (κ3) is 9.78. The number of carbonyl (C=O) groups is 1. The van der Waals surface area contributed by atoms with Crippen LogP contribution in [0.1, 0.15) is 36.2 Å². The Morgan fingerprint density at radius 2 is 1.86 bits per heavy atom. The fourth-order valence-corrected chi connectivity index (χ4v) is 4.34. The molecule has 3 aromatic rings. The summed E-state index contributed by atoms with van der Waals surface area (Å²) in [5.41, 5.74) is 1.18. The first kappa shape index (κ1) is 31.4. The number of halogens is 4.